The lowest BCUT2D eigenvalue weighted by Gasteiger charge is -2.34. The van der Waals surface area contributed by atoms with Crippen LogP contribution in [0.3, 0.4) is 0 Å². The molecular formula is C28H34FN7O. The van der Waals surface area contributed by atoms with E-state index in [-0.39, 0.29) is 17.5 Å². The van der Waals surface area contributed by atoms with Crippen LogP contribution in [0, 0.1) is 0 Å². The molecule has 3 aromatic rings. The van der Waals surface area contributed by atoms with Crippen LogP contribution in [0.5, 0.6) is 0 Å². The zero-order valence-corrected chi connectivity index (χ0v) is 21.8. The number of hydrogen-bond acceptors (Lipinski definition) is 7. The van der Waals surface area contributed by atoms with Gasteiger partial charge in [0.15, 0.2) is 0 Å². The van der Waals surface area contributed by atoms with Gasteiger partial charge in [0.25, 0.3) is 5.91 Å². The van der Waals surface area contributed by atoms with Crippen molar-refractivity contribution in [1.29, 1.82) is 0 Å². The summed E-state index contributed by atoms with van der Waals surface area (Å²) in [4.78, 5) is 26.4. The van der Waals surface area contributed by atoms with Gasteiger partial charge in [0.2, 0.25) is 5.95 Å². The van der Waals surface area contributed by atoms with E-state index >= 15 is 0 Å². The van der Waals surface area contributed by atoms with E-state index in [9.17, 15) is 9.18 Å². The number of anilines is 4. The number of fused-ring (bicyclic) bond motifs is 1. The first kappa shape index (κ1) is 25.1. The van der Waals surface area contributed by atoms with Crippen LogP contribution in [0.4, 0.5) is 27.5 Å². The third-order valence-electron chi connectivity index (χ3n) is 6.99. The lowest BCUT2D eigenvalue weighted by molar-refractivity contribution is 0.0951. The molecule has 0 radical (unpaired) electrons. The third kappa shape index (κ3) is 5.56. The second-order valence-electron chi connectivity index (χ2n) is 11.1. The number of benzene rings is 1. The van der Waals surface area contributed by atoms with Gasteiger partial charge < -0.3 is 21.3 Å². The Kier molecular flexibility index (Phi) is 6.58. The highest BCUT2D eigenvalue weighted by Crippen LogP contribution is 2.31. The molecule has 1 aromatic carbocycles. The molecule has 0 spiro atoms. The fourth-order valence-electron chi connectivity index (χ4n) is 4.50. The number of hydrogen-bond donors (Lipinski definition) is 4. The molecule has 0 unspecified atom stereocenters. The maximum Gasteiger partial charge on any atom is 0.256 e. The van der Waals surface area contributed by atoms with Crippen molar-refractivity contribution in [2.24, 2.45) is 0 Å². The topological polar surface area (TPSA) is 104 Å². The number of alkyl halides is 1. The molecule has 9 heteroatoms. The second kappa shape index (κ2) is 9.70. The first-order valence-electron chi connectivity index (χ1n) is 12.8. The van der Waals surface area contributed by atoms with E-state index in [0.29, 0.717) is 28.7 Å². The van der Waals surface area contributed by atoms with Gasteiger partial charge in [0, 0.05) is 40.8 Å². The maximum absolute atomic E-state index is 13.6. The number of halogens is 1. The Bertz CT molecular complexity index is 1320. The molecule has 194 valence electrons. The summed E-state index contributed by atoms with van der Waals surface area (Å²) >= 11 is 0. The molecule has 1 aliphatic carbocycles. The van der Waals surface area contributed by atoms with Gasteiger partial charge in [-0.1, -0.05) is 19.9 Å². The molecule has 2 aromatic heterocycles. The van der Waals surface area contributed by atoms with Crippen LogP contribution in [0.2, 0.25) is 0 Å². The fraction of sp³-hybridized carbons (Fsp3) is 0.429. The molecule has 0 saturated heterocycles. The van der Waals surface area contributed by atoms with Crippen molar-refractivity contribution in [2.75, 3.05) is 23.9 Å². The lowest BCUT2D eigenvalue weighted by Crippen LogP contribution is -2.42. The molecule has 1 fully saturated rings. The molecule has 0 atom stereocenters. The van der Waals surface area contributed by atoms with Gasteiger partial charge in [-0.2, -0.15) is 4.98 Å². The Morgan fingerprint density at radius 1 is 1.14 bits per heavy atom. The summed E-state index contributed by atoms with van der Waals surface area (Å²) < 4.78 is 13.6. The number of carbonyl (C=O) groups is 1. The van der Waals surface area contributed by atoms with Crippen molar-refractivity contribution in [3.8, 4) is 0 Å². The number of carbonyl (C=O) groups excluding carboxylic acids is 1. The summed E-state index contributed by atoms with van der Waals surface area (Å²) in [7, 11) is 0. The van der Waals surface area contributed by atoms with E-state index in [0.717, 1.165) is 31.5 Å². The maximum atomic E-state index is 13.6. The molecule has 3 heterocycles. The Balaban J connectivity index is 1.44. The zero-order chi connectivity index (χ0) is 26.2. The van der Waals surface area contributed by atoms with Gasteiger partial charge in [-0.25, -0.2) is 4.98 Å². The monoisotopic (exact) mass is 503 g/mol. The SMILES string of the molecule is CC(C)(CF)c1cc(Nc2nc(Nc3ccc4c(c3)CCNC4(C)C)ncc2C(=O)NC2CC2)ccn1. The highest BCUT2D eigenvalue weighted by molar-refractivity contribution is 5.99. The van der Waals surface area contributed by atoms with Crippen molar-refractivity contribution >= 4 is 29.0 Å². The van der Waals surface area contributed by atoms with Crippen molar-refractivity contribution in [2.45, 2.75) is 64.0 Å². The molecule has 1 amide bonds. The predicted molar refractivity (Wildman–Crippen MR) is 143 cm³/mol. The normalized spacial score (nSPS) is 16.6. The number of aromatic nitrogens is 3. The molecule has 8 nitrogen and oxygen atoms in total. The van der Waals surface area contributed by atoms with Gasteiger partial charge in [-0.15, -0.1) is 0 Å². The smallest absolute Gasteiger partial charge is 0.256 e. The van der Waals surface area contributed by atoms with Crippen LogP contribution < -0.4 is 21.3 Å². The summed E-state index contributed by atoms with van der Waals surface area (Å²) in [5, 5.41) is 13.1. The van der Waals surface area contributed by atoms with Crippen molar-refractivity contribution in [3.63, 3.8) is 0 Å². The molecule has 2 aliphatic rings. The van der Waals surface area contributed by atoms with Crippen molar-refractivity contribution in [3.05, 3.63) is 65.1 Å². The number of nitrogens with zero attached hydrogens (tertiary/aromatic N) is 3. The van der Waals surface area contributed by atoms with E-state index in [4.69, 9.17) is 0 Å². The molecule has 4 N–H and O–H groups in total. The molecular weight excluding hydrogens is 469 g/mol. The molecule has 5 rings (SSSR count). The molecule has 0 bridgehead atoms. The van der Waals surface area contributed by atoms with E-state index in [1.807, 2.05) is 6.07 Å². The van der Waals surface area contributed by atoms with Crippen LogP contribution in [-0.4, -0.2) is 40.1 Å². The largest absolute Gasteiger partial charge is 0.349 e. The average molecular weight is 504 g/mol. The summed E-state index contributed by atoms with van der Waals surface area (Å²) in [6.45, 7) is 8.36. The first-order valence-corrected chi connectivity index (χ1v) is 12.8. The zero-order valence-electron chi connectivity index (χ0n) is 21.8. The van der Waals surface area contributed by atoms with Gasteiger partial charge >= 0.3 is 0 Å². The Labute approximate surface area is 216 Å². The molecule has 1 aliphatic heterocycles. The number of amides is 1. The quantitative estimate of drug-likeness (QED) is 0.347. The fourth-order valence-corrected chi connectivity index (χ4v) is 4.50. The van der Waals surface area contributed by atoms with Crippen LogP contribution in [0.1, 0.15) is 67.7 Å². The summed E-state index contributed by atoms with van der Waals surface area (Å²) in [5.41, 5.74) is 4.28. The van der Waals surface area contributed by atoms with Crippen LogP contribution in [-0.2, 0) is 17.4 Å². The Morgan fingerprint density at radius 2 is 1.92 bits per heavy atom. The number of rotatable bonds is 8. The van der Waals surface area contributed by atoms with Crippen LogP contribution in [0.15, 0.2) is 42.7 Å². The van der Waals surface area contributed by atoms with Gasteiger partial charge in [-0.3, -0.25) is 14.2 Å². The van der Waals surface area contributed by atoms with Gasteiger partial charge in [0.05, 0.1) is 5.69 Å². The minimum absolute atomic E-state index is 0.0730. The molecule has 37 heavy (non-hydrogen) atoms. The Hall–Kier alpha value is -3.59. The van der Waals surface area contributed by atoms with E-state index in [2.05, 4.69) is 62.2 Å². The summed E-state index contributed by atoms with van der Waals surface area (Å²) in [5.74, 6) is 0.518. The average Bonchev–Trinajstić information content (AvgIpc) is 3.68. The Morgan fingerprint density at radius 3 is 2.68 bits per heavy atom. The number of nitrogens with one attached hydrogen (secondary N) is 4. The van der Waals surface area contributed by atoms with E-state index in [1.54, 1.807) is 32.2 Å². The minimum atomic E-state index is -0.723. The van der Waals surface area contributed by atoms with Gasteiger partial charge in [-0.05, 0) is 75.0 Å². The first-order chi connectivity index (χ1) is 17.6. The van der Waals surface area contributed by atoms with Crippen molar-refractivity contribution in [1.82, 2.24) is 25.6 Å². The van der Waals surface area contributed by atoms with Crippen LogP contribution >= 0.6 is 0 Å². The summed E-state index contributed by atoms with van der Waals surface area (Å²) in [6, 6.07) is 10.0. The minimum Gasteiger partial charge on any atom is -0.349 e. The predicted octanol–water partition coefficient (Wildman–Crippen LogP) is 4.88. The van der Waals surface area contributed by atoms with E-state index < -0.39 is 12.1 Å². The third-order valence-corrected chi connectivity index (χ3v) is 6.99. The highest BCUT2D eigenvalue weighted by atomic mass is 19.1. The van der Waals surface area contributed by atoms with Crippen molar-refractivity contribution < 1.29 is 9.18 Å². The standard InChI is InChI=1S/C28H34FN7O/c1-27(2,16-29)23-14-20(10-11-30-23)33-24-21(25(37)34-18-5-6-18)15-31-26(36-24)35-19-7-8-22-17(13-19)9-12-32-28(22,3)4/h7-8,10-11,13-15,18,32H,5-6,9,12,16H2,1-4H3,(H,34,37)(H2,30,31,33,35,36). The van der Waals surface area contributed by atoms with Crippen LogP contribution in [0.25, 0.3) is 0 Å². The van der Waals surface area contributed by atoms with E-state index in [1.165, 1.54) is 17.3 Å². The number of pyridine rings is 1. The summed E-state index contributed by atoms with van der Waals surface area (Å²) in [6.07, 6.45) is 6.07. The second-order valence-corrected chi connectivity index (χ2v) is 11.1. The molecule has 1 saturated carbocycles. The highest BCUT2D eigenvalue weighted by Gasteiger charge is 2.28. The lowest BCUT2D eigenvalue weighted by atomic mass is 9.85. The van der Waals surface area contributed by atoms with Gasteiger partial charge in [0.1, 0.15) is 18.1 Å².